The van der Waals surface area contributed by atoms with Crippen LogP contribution in [-0.4, -0.2) is 61.5 Å². The van der Waals surface area contributed by atoms with Gasteiger partial charge >= 0.3 is 0 Å². The number of rotatable bonds is 6. The molecule has 0 spiro atoms. The third kappa shape index (κ3) is 4.92. The van der Waals surface area contributed by atoms with Gasteiger partial charge in [0.2, 0.25) is 5.91 Å². The normalized spacial score (nSPS) is 17.1. The first-order chi connectivity index (χ1) is 9.78. The average Bonchev–Trinajstić information content (AvgIpc) is 2.48. The zero-order chi connectivity index (χ0) is 14.2. The van der Waals surface area contributed by atoms with Gasteiger partial charge in [0.15, 0.2) is 0 Å². The highest BCUT2D eigenvalue weighted by Gasteiger charge is 2.18. The van der Waals surface area contributed by atoms with Crippen LogP contribution in [0.1, 0.15) is 5.56 Å². The SMILES string of the molecule is NCCNC(=O)CN1CCN(Cc2ccccc2)CC1. The lowest BCUT2D eigenvalue weighted by atomic mass is 10.2. The molecule has 0 atom stereocenters. The second-order valence-electron chi connectivity index (χ2n) is 5.18. The van der Waals surface area contributed by atoms with Gasteiger partial charge in [-0.05, 0) is 5.56 Å². The Bertz CT molecular complexity index is 402. The van der Waals surface area contributed by atoms with Gasteiger partial charge in [-0.1, -0.05) is 30.3 Å². The third-order valence-corrected chi connectivity index (χ3v) is 3.55. The van der Waals surface area contributed by atoms with Gasteiger partial charge in [-0.3, -0.25) is 14.6 Å². The van der Waals surface area contributed by atoms with Crippen molar-refractivity contribution in [2.24, 2.45) is 5.73 Å². The van der Waals surface area contributed by atoms with Crippen LogP contribution in [0.2, 0.25) is 0 Å². The van der Waals surface area contributed by atoms with E-state index in [2.05, 4.69) is 39.4 Å². The Morgan fingerprint density at radius 2 is 1.75 bits per heavy atom. The molecule has 0 bridgehead atoms. The molecule has 5 nitrogen and oxygen atoms in total. The number of hydrogen-bond acceptors (Lipinski definition) is 4. The summed E-state index contributed by atoms with van der Waals surface area (Å²) in [4.78, 5) is 16.3. The van der Waals surface area contributed by atoms with Crippen LogP contribution < -0.4 is 11.1 Å². The molecule has 1 fully saturated rings. The fourth-order valence-corrected chi connectivity index (χ4v) is 2.42. The highest BCUT2D eigenvalue weighted by molar-refractivity contribution is 5.78. The second kappa shape index (κ2) is 7.99. The van der Waals surface area contributed by atoms with E-state index in [1.54, 1.807) is 0 Å². The number of piperazine rings is 1. The lowest BCUT2D eigenvalue weighted by Crippen LogP contribution is -2.49. The van der Waals surface area contributed by atoms with E-state index in [4.69, 9.17) is 5.73 Å². The summed E-state index contributed by atoms with van der Waals surface area (Å²) < 4.78 is 0. The molecule has 1 heterocycles. The molecular weight excluding hydrogens is 252 g/mol. The van der Waals surface area contributed by atoms with E-state index in [9.17, 15) is 4.79 Å². The van der Waals surface area contributed by atoms with Crippen molar-refractivity contribution >= 4 is 5.91 Å². The largest absolute Gasteiger partial charge is 0.354 e. The lowest BCUT2D eigenvalue weighted by Gasteiger charge is -2.34. The minimum atomic E-state index is 0.0759. The highest BCUT2D eigenvalue weighted by atomic mass is 16.2. The molecule has 1 aliphatic rings. The molecule has 3 N–H and O–H groups in total. The maximum atomic E-state index is 11.6. The zero-order valence-electron chi connectivity index (χ0n) is 11.9. The maximum absolute atomic E-state index is 11.6. The van der Waals surface area contributed by atoms with E-state index >= 15 is 0 Å². The van der Waals surface area contributed by atoms with E-state index in [1.807, 2.05) is 6.07 Å². The maximum Gasteiger partial charge on any atom is 0.234 e. The predicted octanol–water partition coefficient (Wildman–Crippen LogP) is -0.121. The van der Waals surface area contributed by atoms with Crippen LogP contribution >= 0.6 is 0 Å². The molecule has 5 heteroatoms. The summed E-state index contributed by atoms with van der Waals surface area (Å²) >= 11 is 0. The van der Waals surface area contributed by atoms with Crippen LogP contribution in [-0.2, 0) is 11.3 Å². The van der Waals surface area contributed by atoms with Crippen LogP contribution in [0.5, 0.6) is 0 Å². The van der Waals surface area contributed by atoms with Gasteiger partial charge in [0.25, 0.3) is 0 Å². The fourth-order valence-electron chi connectivity index (χ4n) is 2.42. The van der Waals surface area contributed by atoms with Crippen molar-refractivity contribution in [3.63, 3.8) is 0 Å². The summed E-state index contributed by atoms with van der Waals surface area (Å²) in [6.45, 7) is 6.46. The number of amides is 1. The Morgan fingerprint density at radius 3 is 2.40 bits per heavy atom. The molecule has 1 amide bonds. The molecule has 1 aromatic rings. The molecule has 0 unspecified atom stereocenters. The van der Waals surface area contributed by atoms with Crippen LogP contribution in [0.4, 0.5) is 0 Å². The Balaban J connectivity index is 1.68. The van der Waals surface area contributed by atoms with Gasteiger partial charge < -0.3 is 11.1 Å². The topological polar surface area (TPSA) is 61.6 Å². The highest BCUT2D eigenvalue weighted by Crippen LogP contribution is 2.07. The summed E-state index contributed by atoms with van der Waals surface area (Å²) in [6.07, 6.45) is 0. The summed E-state index contributed by atoms with van der Waals surface area (Å²) in [7, 11) is 0. The molecular formula is C15H24N4O. The van der Waals surface area contributed by atoms with Crippen molar-refractivity contribution in [2.45, 2.75) is 6.54 Å². The van der Waals surface area contributed by atoms with Gasteiger partial charge in [-0.25, -0.2) is 0 Å². The molecule has 0 radical (unpaired) electrons. The van der Waals surface area contributed by atoms with Crippen LogP contribution in [0.15, 0.2) is 30.3 Å². The molecule has 1 aliphatic heterocycles. The zero-order valence-corrected chi connectivity index (χ0v) is 11.9. The first kappa shape index (κ1) is 15.0. The third-order valence-electron chi connectivity index (χ3n) is 3.55. The van der Waals surface area contributed by atoms with E-state index in [1.165, 1.54) is 5.56 Å². The minimum Gasteiger partial charge on any atom is -0.354 e. The molecule has 110 valence electrons. The Kier molecular flexibility index (Phi) is 5.98. The quantitative estimate of drug-likeness (QED) is 0.760. The summed E-state index contributed by atoms with van der Waals surface area (Å²) in [5, 5.41) is 2.81. The van der Waals surface area contributed by atoms with Crippen LogP contribution in [0, 0.1) is 0 Å². The van der Waals surface area contributed by atoms with E-state index in [0.717, 1.165) is 32.7 Å². The van der Waals surface area contributed by atoms with Gasteiger partial charge in [-0.2, -0.15) is 0 Å². The van der Waals surface area contributed by atoms with Crippen molar-refractivity contribution in [1.29, 1.82) is 0 Å². The number of nitrogens with one attached hydrogen (secondary N) is 1. The number of hydrogen-bond donors (Lipinski definition) is 2. The number of carbonyl (C=O) groups is 1. The summed E-state index contributed by atoms with van der Waals surface area (Å²) in [6, 6.07) is 10.5. The standard InChI is InChI=1S/C15H24N4O/c16-6-7-17-15(20)13-19-10-8-18(9-11-19)12-14-4-2-1-3-5-14/h1-5H,6-13,16H2,(H,17,20). The number of benzene rings is 1. The van der Waals surface area contributed by atoms with Crippen molar-refractivity contribution in [2.75, 3.05) is 45.8 Å². The number of carbonyl (C=O) groups excluding carboxylic acids is 1. The van der Waals surface area contributed by atoms with Gasteiger partial charge in [0, 0.05) is 45.8 Å². The smallest absolute Gasteiger partial charge is 0.234 e. The molecule has 1 saturated heterocycles. The molecule has 2 rings (SSSR count). The number of nitrogens with zero attached hydrogens (tertiary/aromatic N) is 2. The van der Waals surface area contributed by atoms with E-state index < -0.39 is 0 Å². The molecule has 1 aromatic carbocycles. The summed E-state index contributed by atoms with van der Waals surface area (Å²) in [5.74, 6) is 0.0759. The monoisotopic (exact) mass is 276 g/mol. The molecule has 0 saturated carbocycles. The molecule has 20 heavy (non-hydrogen) atoms. The van der Waals surface area contributed by atoms with Crippen LogP contribution in [0.25, 0.3) is 0 Å². The van der Waals surface area contributed by atoms with Crippen molar-refractivity contribution in [1.82, 2.24) is 15.1 Å². The molecule has 0 aliphatic carbocycles. The predicted molar refractivity (Wildman–Crippen MR) is 80.2 cm³/mol. The Morgan fingerprint density at radius 1 is 1.10 bits per heavy atom. The van der Waals surface area contributed by atoms with Crippen molar-refractivity contribution in [3.05, 3.63) is 35.9 Å². The van der Waals surface area contributed by atoms with Crippen LogP contribution in [0.3, 0.4) is 0 Å². The first-order valence-corrected chi connectivity index (χ1v) is 7.23. The van der Waals surface area contributed by atoms with E-state index in [0.29, 0.717) is 19.6 Å². The van der Waals surface area contributed by atoms with Gasteiger partial charge in [0.05, 0.1) is 6.54 Å². The van der Waals surface area contributed by atoms with E-state index in [-0.39, 0.29) is 5.91 Å². The van der Waals surface area contributed by atoms with Gasteiger partial charge in [-0.15, -0.1) is 0 Å². The minimum absolute atomic E-state index is 0.0759. The Hall–Kier alpha value is -1.43. The fraction of sp³-hybridized carbons (Fsp3) is 0.533. The Labute approximate surface area is 120 Å². The van der Waals surface area contributed by atoms with Crippen molar-refractivity contribution < 1.29 is 4.79 Å². The second-order valence-corrected chi connectivity index (χ2v) is 5.18. The van der Waals surface area contributed by atoms with Crippen molar-refractivity contribution in [3.8, 4) is 0 Å². The average molecular weight is 276 g/mol. The summed E-state index contributed by atoms with van der Waals surface area (Å²) in [5.41, 5.74) is 6.72. The lowest BCUT2D eigenvalue weighted by molar-refractivity contribution is -0.122. The van der Waals surface area contributed by atoms with Gasteiger partial charge in [0.1, 0.15) is 0 Å². The number of nitrogens with two attached hydrogens (primary N) is 1. The molecule has 0 aromatic heterocycles. The first-order valence-electron chi connectivity index (χ1n) is 7.23.